The molecule has 0 saturated heterocycles. The number of anilines is 1. The molecular formula is C21H26N2O3. The van der Waals surface area contributed by atoms with Crippen molar-refractivity contribution in [1.82, 2.24) is 4.90 Å². The Morgan fingerprint density at radius 3 is 2.27 bits per heavy atom. The fourth-order valence-corrected chi connectivity index (χ4v) is 2.71. The highest BCUT2D eigenvalue weighted by molar-refractivity contribution is 5.95. The molecule has 2 aromatic rings. The van der Waals surface area contributed by atoms with E-state index >= 15 is 0 Å². The second kappa shape index (κ2) is 8.52. The van der Waals surface area contributed by atoms with Crippen LogP contribution in [0.2, 0.25) is 0 Å². The third kappa shape index (κ3) is 5.09. The molecule has 0 aromatic heterocycles. The SMILES string of the molecule is Cc1ccc(OCC(=O)N(C)CC(=O)Nc2c(C)cccc2C)c(C)c1. The summed E-state index contributed by atoms with van der Waals surface area (Å²) in [5.41, 5.74) is 4.90. The summed E-state index contributed by atoms with van der Waals surface area (Å²) in [5, 5.41) is 2.88. The highest BCUT2D eigenvalue weighted by atomic mass is 16.5. The van der Waals surface area contributed by atoms with E-state index in [4.69, 9.17) is 4.74 Å². The van der Waals surface area contributed by atoms with Crippen LogP contribution in [0.5, 0.6) is 5.75 Å². The number of carbonyl (C=O) groups is 2. The van der Waals surface area contributed by atoms with Crippen molar-refractivity contribution in [2.24, 2.45) is 0 Å². The Morgan fingerprint density at radius 1 is 1.00 bits per heavy atom. The first-order valence-corrected chi connectivity index (χ1v) is 8.58. The smallest absolute Gasteiger partial charge is 0.260 e. The van der Waals surface area contributed by atoms with Crippen LogP contribution in [0, 0.1) is 27.7 Å². The number of benzene rings is 2. The Bertz CT molecular complexity index is 795. The van der Waals surface area contributed by atoms with Gasteiger partial charge in [-0.15, -0.1) is 0 Å². The Balaban J connectivity index is 1.89. The number of nitrogens with zero attached hydrogens (tertiary/aromatic N) is 1. The van der Waals surface area contributed by atoms with E-state index in [-0.39, 0.29) is 25.0 Å². The van der Waals surface area contributed by atoms with Gasteiger partial charge < -0.3 is 15.0 Å². The average Bonchev–Trinajstić information content (AvgIpc) is 2.57. The number of carbonyl (C=O) groups excluding carboxylic acids is 2. The Kier molecular flexibility index (Phi) is 6.39. The number of rotatable bonds is 6. The molecule has 0 unspecified atom stereocenters. The minimum absolute atomic E-state index is 0.0250. The molecule has 138 valence electrons. The second-order valence-electron chi connectivity index (χ2n) is 6.62. The summed E-state index contributed by atoms with van der Waals surface area (Å²) in [7, 11) is 1.60. The molecule has 2 rings (SSSR count). The minimum Gasteiger partial charge on any atom is -0.484 e. The topological polar surface area (TPSA) is 58.6 Å². The first kappa shape index (κ1) is 19.5. The van der Waals surface area contributed by atoms with Crippen molar-refractivity contribution in [3.8, 4) is 5.75 Å². The summed E-state index contributed by atoms with van der Waals surface area (Å²) in [6.07, 6.45) is 0. The highest BCUT2D eigenvalue weighted by Gasteiger charge is 2.15. The molecule has 26 heavy (non-hydrogen) atoms. The van der Waals surface area contributed by atoms with Crippen molar-refractivity contribution in [3.05, 3.63) is 58.7 Å². The van der Waals surface area contributed by atoms with Crippen LogP contribution in [0.3, 0.4) is 0 Å². The van der Waals surface area contributed by atoms with Crippen LogP contribution in [0.25, 0.3) is 0 Å². The number of aryl methyl sites for hydroxylation is 4. The number of hydrogen-bond acceptors (Lipinski definition) is 3. The van der Waals surface area contributed by atoms with Crippen LogP contribution in [-0.2, 0) is 9.59 Å². The van der Waals surface area contributed by atoms with Gasteiger partial charge in [0.2, 0.25) is 5.91 Å². The lowest BCUT2D eigenvalue weighted by atomic mass is 10.1. The third-order valence-corrected chi connectivity index (χ3v) is 4.23. The first-order valence-electron chi connectivity index (χ1n) is 8.58. The van der Waals surface area contributed by atoms with Crippen LogP contribution in [0.4, 0.5) is 5.69 Å². The standard InChI is InChI=1S/C21H26N2O3/c1-14-9-10-18(17(4)11-14)26-13-20(25)23(5)12-19(24)22-21-15(2)7-6-8-16(21)3/h6-11H,12-13H2,1-5H3,(H,22,24). The quantitative estimate of drug-likeness (QED) is 0.865. The van der Waals surface area contributed by atoms with Gasteiger partial charge in [-0.2, -0.15) is 0 Å². The van der Waals surface area contributed by atoms with Crippen molar-refractivity contribution in [2.75, 3.05) is 25.5 Å². The van der Waals surface area contributed by atoms with Crippen molar-refractivity contribution in [2.45, 2.75) is 27.7 Å². The van der Waals surface area contributed by atoms with Crippen LogP contribution >= 0.6 is 0 Å². The number of para-hydroxylation sites is 1. The van der Waals surface area contributed by atoms with E-state index in [1.807, 2.05) is 64.1 Å². The van der Waals surface area contributed by atoms with Gasteiger partial charge in [-0.05, 0) is 50.5 Å². The van der Waals surface area contributed by atoms with E-state index in [0.29, 0.717) is 5.75 Å². The van der Waals surface area contributed by atoms with Crippen LogP contribution < -0.4 is 10.1 Å². The fraction of sp³-hybridized carbons (Fsp3) is 0.333. The maximum Gasteiger partial charge on any atom is 0.260 e. The molecule has 5 heteroatoms. The molecule has 0 radical (unpaired) electrons. The van der Waals surface area contributed by atoms with Gasteiger partial charge in [0, 0.05) is 12.7 Å². The lowest BCUT2D eigenvalue weighted by Crippen LogP contribution is -2.37. The number of likely N-dealkylation sites (N-methyl/N-ethyl adjacent to an activating group) is 1. The van der Waals surface area contributed by atoms with E-state index in [1.165, 1.54) is 4.90 Å². The summed E-state index contributed by atoms with van der Waals surface area (Å²) < 4.78 is 5.59. The van der Waals surface area contributed by atoms with Crippen LogP contribution in [0.15, 0.2) is 36.4 Å². The van der Waals surface area contributed by atoms with Gasteiger partial charge in [0.25, 0.3) is 5.91 Å². The molecule has 0 spiro atoms. The molecule has 0 aliphatic rings. The van der Waals surface area contributed by atoms with Gasteiger partial charge in [0.05, 0.1) is 6.54 Å². The van der Waals surface area contributed by atoms with E-state index in [2.05, 4.69) is 5.32 Å². The number of hydrogen-bond donors (Lipinski definition) is 1. The lowest BCUT2D eigenvalue weighted by molar-refractivity contribution is -0.135. The molecule has 0 atom stereocenters. The zero-order chi connectivity index (χ0) is 19.3. The summed E-state index contributed by atoms with van der Waals surface area (Å²) >= 11 is 0. The summed E-state index contributed by atoms with van der Waals surface area (Å²) in [4.78, 5) is 25.9. The monoisotopic (exact) mass is 354 g/mol. The predicted octanol–water partition coefficient (Wildman–Crippen LogP) is 3.40. The normalized spacial score (nSPS) is 10.3. The largest absolute Gasteiger partial charge is 0.484 e. The summed E-state index contributed by atoms with van der Waals surface area (Å²) in [5.74, 6) is 0.198. The molecule has 2 aromatic carbocycles. The highest BCUT2D eigenvalue weighted by Crippen LogP contribution is 2.20. The van der Waals surface area contributed by atoms with Gasteiger partial charge in [0.1, 0.15) is 5.75 Å². The molecule has 0 bridgehead atoms. The van der Waals surface area contributed by atoms with Crippen molar-refractivity contribution < 1.29 is 14.3 Å². The van der Waals surface area contributed by atoms with Gasteiger partial charge in [-0.3, -0.25) is 9.59 Å². The fourth-order valence-electron chi connectivity index (χ4n) is 2.71. The molecule has 1 N–H and O–H groups in total. The van der Waals surface area contributed by atoms with Gasteiger partial charge in [0.15, 0.2) is 6.61 Å². The maximum absolute atomic E-state index is 12.3. The third-order valence-electron chi connectivity index (χ3n) is 4.23. The van der Waals surface area contributed by atoms with Crippen LogP contribution in [-0.4, -0.2) is 36.9 Å². The molecule has 0 aliphatic heterocycles. The second-order valence-corrected chi connectivity index (χ2v) is 6.62. The van der Waals surface area contributed by atoms with Gasteiger partial charge in [-0.1, -0.05) is 35.9 Å². The average molecular weight is 354 g/mol. The lowest BCUT2D eigenvalue weighted by Gasteiger charge is -2.19. The number of nitrogens with one attached hydrogen (secondary N) is 1. The van der Waals surface area contributed by atoms with Crippen molar-refractivity contribution in [1.29, 1.82) is 0 Å². The number of ether oxygens (including phenoxy) is 1. The minimum atomic E-state index is -0.248. The maximum atomic E-state index is 12.3. The Labute approximate surface area is 155 Å². The Morgan fingerprint density at radius 2 is 1.65 bits per heavy atom. The molecule has 5 nitrogen and oxygen atoms in total. The number of amides is 2. The van der Waals surface area contributed by atoms with E-state index in [1.54, 1.807) is 7.05 Å². The summed E-state index contributed by atoms with van der Waals surface area (Å²) in [6, 6.07) is 11.6. The summed E-state index contributed by atoms with van der Waals surface area (Å²) in [6.45, 7) is 7.70. The van der Waals surface area contributed by atoms with Crippen LogP contribution in [0.1, 0.15) is 22.3 Å². The molecular weight excluding hydrogens is 328 g/mol. The predicted molar refractivity (Wildman–Crippen MR) is 104 cm³/mol. The van der Waals surface area contributed by atoms with Gasteiger partial charge in [-0.25, -0.2) is 0 Å². The molecule has 2 amide bonds. The molecule has 0 aliphatic carbocycles. The zero-order valence-electron chi connectivity index (χ0n) is 16.1. The van der Waals surface area contributed by atoms with Gasteiger partial charge >= 0.3 is 0 Å². The molecule has 0 heterocycles. The first-order chi connectivity index (χ1) is 12.3. The zero-order valence-corrected chi connectivity index (χ0v) is 16.1. The molecule has 0 fully saturated rings. The van der Waals surface area contributed by atoms with E-state index in [0.717, 1.165) is 27.9 Å². The van der Waals surface area contributed by atoms with Crippen molar-refractivity contribution in [3.63, 3.8) is 0 Å². The Hall–Kier alpha value is -2.82. The molecule has 0 saturated carbocycles. The van der Waals surface area contributed by atoms with E-state index in [9.17, 15) is 9.59 Å². The van der Waals surface area contributed by atoms with E-state index < -0.39 is 0 Å². The van der Waals surface area contributed by atoms with Crippen molar-refractivity contribution >= 4 is 17.5 Å².